The largest absolute Gasteiger partial charge is 0.493 e. The highest BCUT2D eigenvalue weighted by Gasteiger charge is 2.29. The molecule has 0 aliphatic heterocycles. The molecule has 0 atom stereocenters. The maximum absolute atomic E-state index is 12.2. The molecule has 1 aromatic rings. The maximum Gasteiger partial charge on any atom is 0.422 e. The average molecular weight is 345 g/mol. The molecule has 24 heavy (non-hydrogen) atoms. The molecule has 0 bridgehead atoms. The standard InChI is InChI=1S/C17H22F3NO3/c1-23-15-10-12(6-8-14(15)24-11-17(18,19)20)7-9-16(22)21-13-4-2-3-5-13/h6,8,10,13H,2-5,7,9,11H2,1H3,(H,21,22). The molecule has 1 amide bonds. The van der Waals surface area contributed by atoms with Crippen molar-refractivity contribution in [3.63, 3.8) is 0 Å². The first-order chi connectivity index (χ1) is 11.4. The number of rotatable bonds is 7. The summed E-state index contributed by atoms with van der Waals surface area (Å²) in [5.74, 6) is 0.264. The van der Waals surface area contributed by atoms with Crippen molar-refractivity contribution in [2.45, 2.75) is 50.7 Å². The minimum atomic E-state index is -4.40. The Morgan fingerprint density at radius 1 is 1.25 bits per heavy atom. The van der Waals surface area contributed by atoms with Crippen molar-refractivity contribution in [3.05, 3.63) is 23.8 Å². The number of hydrogen-bond donors (Lipinski definition) is 1. The second-order valence-electron chi connectivity index (χ2n) is 5.94. The molecule has 0 saturated heterocycles. The van der Waals surface area contributed by atoms with Gasteiger partial charge in [0.05, 0.1) is 7.11 Å². The molecular weight excluding hydrogens is 323 g/mol. The van der Waals surface area contributed by atoms with Gasteiger partial charge in [0.1, 0.15) is 0 Å². The summed E-state index contributed by atoms with van der Waals surface area (Å²) >= 11 is 0. The maximum atomic E-state index is 12.2. The monoisotopic (exact) mass is 345 g/mol. The highest BCUT2D eigenvalue weighted by Crippen LogP contribution is 2.30. The molecule has 0 spiro atoms. The van der Waals surface area contributed by atoms with Crippen LogP contribution in [0.5, 0.6) is 11.5 Å². The molecule has 1 saturated carbocycles. The molecule has 0 unspecified atom stereocenters. The van der Waals surface area contributed by atoms with E-state index in [4.69, 9.17) is 9.47 Å². The summed E-state index contributed by atoms with van der Waals surface area (Å²) in [6, 6.07) is 4.98. The Kier molecular flexibility index (Phi) is 6.34. The van der Waals surface area contributed by atoms with Crippen LogP contribution in [0.2, 0.25) is 0 Å². The first kappa shape index (κ1) is 18.4. The predicted molar refractivity (Wildman–Crippen MR) is 83.3 cm³/mol. The van der Waals surface area contributed by atoms with Crippen LogP contribution in [0.15, 0.2) is 18.2 Å². The number of ether oxygens (including phenoxy) is 2. The van der Waals surface area contributed by atoms with Crippen molar-refractivity contribution in [3.8, 4) is 11.5 Å². The Balaban J connectivity index is 1.87. The molecule has 0 aromatic heterocycles. The van der Waals surface area contributed by atoms with Crippen molar-refractivity contribution < 1.29 is 27.4 Å². The van der Waals surface area contributed by atoms with Gasteiger partial charge in [0, 0.05) is 12.5 Å². The lowest BCUT2D eigenvalue weighted by Gasteiger charge is -2.14. The molecule has 7 heteroatoms. The van der Waals surface area contributed by atoms with Crippen LogP contribution in [-0.4, -0.2) is 31.8 Å². The minimum Gasteiger partial charge on any atom is -0.493 e. The summed E-state index contributed by atoms with van der Waals surface area (Å²) in [5, 5.41) is 3.01. The molecule has 0 heterocycles. The summed E-state index contributed by atoms with van der Waals surface area (Å²) in [6.07, 6.45) is 0.803. The first-order valence-electron chi connectivity index (χ1n) is 8.03. The van der Waals surface area contributed by atoms with Gasteiger partial charge in [0.2, 0.25) is 5.91 Å². The van der Waals surface area contributed by atoms with E-state index < -0.39 is 12.8 Å². The van der Waals surface area contributed by atoms with Crippen molar-refractivity contribution in [1.29, 1.82) is 0 Å². The predicted octanol–water partition coefficient (Wildman–Crippen LogP) is 3.63. The Bertz CT molecular complexity index is 555. The Morgan fingerprint density at radius 2 is 1.96 bits per heavy atom. The third kappa shape index (κ3) is 5.94. The first-order valence-corrected chi connectivity index (χ1v) is 8.03. The van der Waals surface area contributed by atoms with E-state index in [1.54, 1.807) is 12.1 Å². The van der Waals surface area contributed by atoms with Crippen LogP contribution < -0.4 is 14.8 Å². The van der Waals surface area contributed by atoms with Gasteiger partial charge < -0.3 is 14.8 Å². The van der Waals surface area contributed by atoms with E-state index in [1.165, 1.54) is 13.2 Å². The highest BCUT2D eigenvalue weighted by molar-refractivity contribution is 5.76. The summed E-state index contributed by atoms with van der Waals surface area (Å²) in [7, 11) is 1.37. The van der Waals surface area contributed by atoms with E-state index in [0.29, 0.717) is 12.8 Å². The summed E-state index contributed by atoms with van der Waals surface area (Å²) in [5.41, 5.74) is 0.813. The molecule has 0 radical (unpaired) electrons. The number of carbonyl (C=O) groups is 1. The molecule has 134 valence electrons. The SMILES string of the molecule is COc1cc(CCC(=O)NC2CCCC2)ccc1OCC(F)(F)F. The third-order valence-electron chi connectivity index (χ3n) is 3.98. The Morgan fingerprint density at radius 3 is 2.58 bits per heavy atom. The van der Waals surface area contributed by atoms with Gasteiger partial charge in [-0.05, 0) is 37.0 Å². The van der Waals surface area contributed by atoms with Crippen LogP contribution >= 0.6 is 0 Å². The number of carbonyl (C=O) groups excluding carboxylic acids is 1. The zero-order valence-corrected chi connectivity index (χ0v) is 13.6. The molecule has 1 fully saturated rings. The van der Waals surface area contributed by atoms with E-state index in [0.717, 1.165) is 31.2 Å². The average Bonchev–Trinajstić information content (AvgIpc) is 3.03. The van der Waals surface area contributed by atoms with Crippen LogP contribution in [-0.2, 0) is 11.2 Å². The fourth-order valence-corrected chi connectivity index (χ4v) is 2.77. The number of halogens is 3. The third-order valence-corrected chi connectivity index (χ3v) is 3.98. The van der Waals surface area contributed by atoms with Gasteiger partial charge in [-0.2, -0.15) is 13.2 Å². The lowest BCUT2D eigenvalue weighted by Crippen LogP contribution is -2.32. The molecular formula is C17H22F3NO3. The molecule has 1 aliphatic carbocycles. The van der Waals surface area contributed by atoms with Gasteiger partial charge >= 0.3 is 6.18 Å². The molecule has 2 rings (SSSR count). The summed E-state index contributed by atoms with van der Waals surface area (Å²) < 4.78 is 46.5. The topological polar surface area (TPSA) is 47.6 Å². The number of nitrogens with one attached hydrogen (secondary N) is 1. The Hall–Kier alpha value is -1.92. The second-order valence-corrected chi connectivity index (χ2v) is 5.94. The van der Waals surface area contributed by atoms with Crippen molar-refractivity contribution in [2.75, 3.05) is 13.7 Å². The van der Waals surface area contributed by atoms with Crippen LogP contribution in [0.3, 0.4) is 0 Å². The van der Waals surface area contributed by atoms with Crippen molar-refractivity contribution >= 4 is 5.91 Å². The van der Waals surface area contributed by atoms with E-state index in [9.17, 15) is 18.0 Å². The fraction of sp³-hybridized carbons (Fsp3) is 0.588. The van der Waals surface area contributed by atoms with E-state index >= 15 is 0 Å². The number of alkyl halides is 3. The number of amides is 1. The lowest BCUT2D eigenvalue weighted by atomic mass is 10.1. The smallest absolute Gasteiger partial charge is 0.422 e. The quantitative estimate of drug-likeness (QED) is 0.821. The van der Waals surface area contributed by atoms with Gasteiger partial charge in [-0.15, -0.1) is 0 Å². The number of hydrogen-bond acceptors (Lipinski definition) is 3. The van der Waals surface area contributed by atoms with Gasteiger partial charge in [-0.25, -0.2) is 0 Å². The van der Waals surface area contributed by atoms with Crippen LogP contribution in [0, 0.1) is 0 Å². The van der Waals surface area contributed by atoms with Crippen molar-refractivity contribution in [1.82, 2.24) is 5.32 Å². The van der Waals surface area contributed by atoms with Gasteiger partial charge in [-0.3, -0.25) is 4.79 Å². The highest BCUT2D eigenvalue weighted by atomic mass is 19.4. The fourth-order valence-electron chi connectivity index (χ4n) is 2.77. The zero-order chi connectivity index (χ0) is 17.6. The van der Waals surface area contributed by atoms with E-state index in [-0.39, 0.29) is 23.4 Å². The van der Waals surface area contributed by atoms with Crippen molar-refractivity contribution in [2.24, 2.45) is 0 Å². The molecule has 4 nitrogen and oxygen atoms in total. The lowest BCUT2D eigenvalue weighted by molar-refractivity contribution is -0.153. The number of methoxy groups -OCH3 is 1. The molecule has 1 N–H and O–H groups in total. The second kappa shape index (κ2) is 8.26. The number of benzene rings is 1. The number of aryl methyl sites for hydroxylation is 1. The molecule has 1 aliphatic rings. The normalized spacial score (nSPS) is 15.3. The van der Waals surface area contributed by atoms with E-state index in [1.807, 2.05) is 0 Å². The Labute approximate surface area is 139 Å². The van der Waals surface area contributed by atoms with Gasteiger partial charge in [0.25, 0.3) is 0 Å². The van der Waals surface area contributed by atoms with E-state index in [2.05, 4.69) is 5.32 Å². The van der Waals surface area contributed by atoms with Gasteiger partial charge in [-0.1, -0.05) is 18.9 Å². The van der Waals surface area contributed by atoms with Crippen LogP contribution in [0.1, 0.15) is 37.7 Å². The van der Waals surface area contributed by atoms with Crippen LogP contribution in [0.4, 0.5) is 13.2 Å². The summed E-state index contributed by atoms with van der Waals surface area (Å²) in [6.45, 7) is -1.37. The summed E-state index contributed by atoms with van der Waals surface area (Å²) in [4.78, 5) is 11.9. The zero-order valence-electron chi connectivity index (χ0n) is 13.6. The van der Waals surface area contributed by atoms with Crippen LogP contribution in [0.25, 0.3) is 0 Å². The minimum absolute atomic E-state index is 0.00161. The molecule has 1 aromatic carbocycles. The van der Waals surface area contributed by atoms with Gasteiger partial charge in [0.15, 0.2) is 18.1 Å².